The predicted octanol–water partition coefficient (Wildman–Crippen LogP) is 1.84. The molecule has 1 aromatic rings. The molecule has 2 N–H and O–H groups in total. The predicted molar refractivity (Wildman–Crippen MR) is 74.7 cm³/mol. The summed E-state index contributed by atoms with van der Waals surface area (Å²) in [4.78, 5) is 2.22. The summed E-state index contributed by atoms with van der Waals surface area (Å²) >= 11 is 1.14. The van der Waals surface area contributed by atoms with Gasteiger partial charge in [0.05, 0.1) is 11.4 Å². The molecule has 0 spiro atoms. The van der Waals surface area contributed by atoms with E-state index in [9.17, 15) is 8.42 Å². The zero-order chi connectivity index (χ0) is 13.9. The summed E-state index contributed by atoms with van der Waals surface area (Å²) in [5, 5.41) is 9.54. The molecule has 1 rings (SSSR count). The highest BCUT2D eigenvalue weighted by molar-refractivity contribution is 7.91. The molecule has 0 radical (unpaired) electrons. The molecular formula is C11H17N3O2S2. The third-order valence-corrected chi connectivity index (χ3v) is 5.73. The van der Waals surface area contributed by atoms with E-state index in [0.717, 1.165) is 24.3 Å². The van der Waals surface area contributed by atoms with Crippen LogP contribution in [0.25, 0.3) is 0 Å². The van der Waals surface area contributed by atoms with Crippen molar-refractivity contribution in [3.8, 4) is 6.07 Å². The van der Waals surface area contributed by atoms with Gasteiger partial charge in [-0.05, 0) is 6.42 Å². The van der Waals surface area contributed by atoms with Crippen LogP contribution in [0, 0.1) is 11.3 Å². The lowest BCUT2D eigenvalue weighted by atomic mass is 10.4. The van der Waals surface area contributed by atoms with E-state index in [-0.39, 0.29) is 21.2 Å². The number of nitrogen functional groups attached to an aromatic ring is 1. The van der Waals surface area contributed by atoms with Crippen LogP contribution in [0.3, 0.4) is 0 Å². The number of hydrogen-bond acceptors (Lipinski definition) is 6. The lowest BCUT2D eigenvalue weighted by Gasteiger charge is -2.18. The van der Waals surface area contributed by atoms with Crippen molar-refractivity contribution in [2.24, 2.45) is 0 Å². The molecule has 0 saturated carbocycles. The summed E-state index contributed by atoms with van der Waals surface area (Å²) in [6.45, 7) is 4.30. The fraction of sp³-hybridized carbons (Fsp3) is 0.545. The molecule has 0 unspecified atom stereocenters. The second-order valence-electron chi connectivity index (χ2n) is 3.92. The molecule has 0 amide bonds. The van der Waals surface area contributed by atoms with Gasteiger partial charge in [-0.3, -0.25) is 0 Å². The molecule has 5 nitrogen and oxygen atoms in total. The average molecular weight is 287 g/mol. The van der Waals surface area contributed by atoms with Crippen LogP contribution < -0.4 is 10.6 Å². The summed E-state index contributed by atoms with van der Waals surface area (Å²) in [7, 11) is -1.61. The first-order valence-corrected chi connectivity index (χ1v) is 8.12. The second kappa shape index (κ2) is 5.59. The number of thiophene rings is 1. The summed E-state index contributed by atoms with van der Waals surface area (Å²) in [5.41, 5.74) is 5.88. The van der Waals surface area contributed by atoms with Gasteiger partial charge < -0.3 is 10.6 Å². The fourth-order valence-electron chi connectivity index (χ4n) is 1.63. The standard InChI is InChI=1S/C11H17N3O2S2/c1-4-6-14(3)11-10(18(15,16)5-2)9(13)8(7-12)17-11/h4-6,13H2,1-3H3. The van der Waals surface area contributed by atoms with Crippen molar-refractivity contribution in [1.29, 1.82) is 5.26 Å². The van der Waals surface area contributed by atoms with Gasteiger partial charge in [-0.25, -0.2) is 8.42 Å². The minimum atomic E-state index is -3.42. The maximum Gasteiger partial charge on any atom is 0.183 e. The van der Waals surface area contributed by atoms with E-state index in [1.807, 2.05) is 24.9 Å². The molecule has 0 aliphatic carbocycles. The van der Waals surface area contributed by atoms with Gasteiger partial charge in [-0.2, -0.15) is 5.26 Å². The third kappa shape index (κ3) is 2.60. The highest BCUT2D eigenvalue weighted by Gasteiger charge is 2.27. The first-order chi connectivity index (χ1) is 8.38. The van der Waals surface area contributed by atoms with Gasteiger partial charge >= 0.3 is 0 Å². The largest absolute Gasteiger partial charge is 0.396 e. The molecule has 0 saturated heterocycles. The lowest BCUT2D eigenvalue weighted by molar-refractivity contribution is 0.597. The summed E-state index contributed by atoms with van der Waals surface area (Å²) in [6, 6.07) is 1.95. The molecule has 18 heavy (non-hydrogen) atoms. The monoisotopic (exact) mass is 287 g/mol. The number of sulfone groups is 1. The molecule has 0 aliphatic rings. The minimum absolute atomic E-state index is 0.0221. The molecule has 0 atom stereocenters. The van der Waals surface area contributed by atoms with Crippen molar-refractivity contribution in [3.63, 3.8) is 0 Å². The van der Waals surface area contributed by atoms with Crippen LogP contribution in [0.1, 0.15) is 25.1 Å². The van der Waals surface area contributed by atoms with E-state index in [0.29, 0.717) is 5.00 Å². The Bertz CT molecular complexity index is 570. The first kappa shape index (κ1) is 14.8. The Labute approximate surface area is 112 Å². The van der Waals surface area contributed by atoms with Crippen LogP contribution >= 0.6 is 11.3 Å². The van der Waals surface area contributed by atoms with Gasteiger partial charge in [0.15, 0.2) is 9.84 Å². The Morgan fingerprint density at radius 1 is 1.44 bits per heavy atom. The topological polar surface area (TPSA) is 87.2 Å². The van der Waals surface area contributed by atoms with Crippen molar-refractivity contribution >= 4 is 31.9 Å². The van der Waals surface area contributed by atoms with Crippen molar-refractivity contribution in [2.75, 3.05) is 30.0 Å². The van der Waals surface area contributed by atoms with Gasteiger partial charge in [-0.1, -0.05) is 13.8 Å². The third-order valence-electron chi connectivity index (χ3n) is 2.58. The average Bonchev–Trinajstić information content (AvgIpc) is 2.67. The lowest BCUT2D eigenvalue weighted by Crippen LogP contribution is -2.19. The van der Waals surface area contributed by atoms with E-state index in [4.69, 9.17) is 11.0 Å². The van der Waals surface area contributed by atoms with Crippen LogP contribution in [0.15, 0.2) is 4.90 Å². The number of nitriles is 1. The molecule has 1 aromatic heterocycles. The van der Waals surface area contributed by atoms with Gasteiger partial charge in [0, 0.05) is 13.6 Å². The SMILES string of the molecule is CCCN(C)c1sc(C#N)c(N)c1S(=O)(=O)CC. The second-order valence-corrected chi connectivity index (χ2v) is 7.13. The van der Waals surface area contributed by atoms with Gasteiger partial charge in [-0.15, -0.1) is 11.3 Å². The van der Waals surface area contributed by atoms with E-state index in [1.54, 1.807) is 6.92 Å². The van der Waals surface area contributed by atoms with E-state index in [2.05, 4.69) is 0 Å². The molecule has 100 valence electrons. The van der Waals surface area contributed by atoms with E-state index in [1.165, 1.54) is 0 Å². The number of anilines is 2. The molecule has 0 aliphatic heterocycles. The summed E-state index contributed by atoms with van der Waals surface area (Å²) < 4.78 is 24.1. The van der Waals surface area contributed by atoms with Crippen LogP contribution in [-0.4, -0.2) is 27.8 Å². The first-order valence-electron chi connectivity index (χ1n) is 5.65. The van der Waals surface area contributed by atoms with Crippen molar-refractivity contribution in [1.82, 2.24) is 0 Å². The smallest absolute Gasteiger partial charge is 0.183 e. The Balaban J connectivity index is 3.48. The highest BCUT2D eigenvalue weighted by atomic mass is 32.2. The van der Waals surface area contributed by atoms with Gasteiger partial charge in [0.25, 0.3) is 0 Å². The zero-order valence-electron chi connectivity index (χ0n) is 10.7. The van der Waals surface area contributed by atoms with Gasteiger partial charge in [0.2, 0.25) is 0 Å². The molecule has 0 fully saturated rings. The number of hydrogen-bond donors (Lipinski definition) is 1. The van der Waals surface area contributed by atoms with Crippen molar-refractivity contribution < 1.29 is 8.42 Å². The minimum Gasteiger partial charge on any atom is -0.396 e. The molecule has 0 bridgehead atoms. The normalized spacial score (nSPS) is 11.2. The number of nitrogens with zero attached hydrogens (tertiary/aromatic N) is 2. The van der Waals surface area contributed by atoms with E-state index < -0.39 is 9.84 Å². The molecular weight excluding hydrogens is 270 g/mol. The van der Waals surface area contributed by atoms with Crippen LogP contribution in [0.5, 0.6) is 0 Å². The fourth-order valence-corrected chi connectivity index (χ4v) is 4.25. The maximum absolute atomic E-state index is 12.1. The quantitative estimate of drug-likeness (QED) is 0.893. The highest BCUT2D eigenvalue weighted by Crippen LogP contribution is 2.41. The van der Waals surface area contributed by atoms with Crippen LogP contribution in [0.2, 0.25) is 0 Å². The van der Waals surface area contributed by atoms with Gasteiger partial charge in [0.1, 0.15) is 20.8 Å². The van der Waals surface area contributed by atoms with Crippen LogP contribution in [-0.2, 0) is 9.84 Å². The molecule has 0 aromatic carbocycles. The number of nitrogens with two attached hydrogens (primary N) is 1. The Morgan fingerprint density at radius 2 is 2.06 bits per heavy atom. The summed E-state index contributed by atoms with van der Waals surface area (Å²) in [5.74, 6) is -0.0221. The zero-order valence-corrected chi connectivity index (χ0v) is 12.4. The maximum atomic E-state index is 12.1. The molecule has 1 heterocycles. The van der Waals surface area contributed by atoms with Crippen molar-refractivity contribution in [3.05, 3.63) is 4.88 Å². The Kier molecular flexibility index (Phi) is 4.59. The summed E-state index contributed by atoms with van der Waals surface area (Å²) in [6.07, 6.45) is 0.891. The Hall–Kier alpha value is -1.26. The van der Waals surface area contributed by atoms with E-state index >= 15 is 0 Å². The number of rotatable bonds is 5. The Morgan fingerprint density at radius 3 is 2.50 bits per heavy atom. The van der Waals surface area contributed by atoms with Crippen molar-refractivity contribution in [2.45, 2.75) is 25.2 Å². The van der Waals surface area contributed by atoms with Crippen LogP contribution in [0.4, 0.5) is 10.7 Å². The molecule has 7 heteroatoms.